The van der Waals surface area contributed by atoms with Crippen molar-refractivity contribution in [3.8, 4) is 0 Å². The van der Waals surface area contributed by atoms with Crippen LogP contribution in [0.25, 0.3) is 0 Å². The Labute approximate surface area is 108 Å². The minimum Gasteiger partial charge on any atom is -0.388 e. The van der Waals surface area contributed by atoms with Crippen LogP contribution in [0.2, 0.25) is 0 Å². The molecule has 4 heteroatoms. The molecule has 1 amide bonds. The number of rotatable bonds is 3. The second-order valence-corrected chi connectivity index (χ2v) is 5.22. The fourth-order valence-electron chi connectivity index (χ4n) is 2.38. The molecule has 1 aromatic heterocycles. The molecule has 0 aliphatic carbocycles. The molecule has 1 N–H and O–H groups in total. The van der Waals surface area contributed by atoms with Crippen LogP contribution >= 0.6 is 0 Å². The van der Waals surface area contributed by atoms with E-state index in [-0.39, 0.29) is 5.91 Å². The van der Waals surface area contributed by atoms with Crippen LogP contribution in [-0.4, -0.2) is 35.9 Å². The largest absolute Gasteiger partial charge is 0.388 e. The number of nitrogens with one attached hydrogen (secondary N) is 1. The van der Waals surface area contributed by atoms with Gasteiger partial charge in [0.05, 0.1) is 0 Å². The Balaban J connectivity index is 2.08. The number of aromatic nitrogens is 1. The van der Waals surface area contributed by atoms with Crippen molar-refractivity contribution in [3.05, 3.63) is 24.0 Å². The third-order valence-corrected chi connectivity index (χ3v) is 3.72. The highest BCUT2D eigenvalue weighted by Crippen LogP contribution is 2.24. The summed E-state index contributed by atoms with van der Waals surface area (Å²) in [5.74, 6) is 1.32. The molecular formula is C14H21N3O. The molecule has 0 saturated carbocycles. The number of hydrogen-bond acceptors (Lipinski definition) is 3. The number of amides is 1. The number of pyridine rings is 1. The van der Waals surface area contributed by atoms with Gasteiger partial charge in [0.25, 0.3) is 5.91 Å². The van der Waals surface area contributed by atoms with Gasteiger partial charge in [-0.15, -0.1) is 0 Å². The standard InChI is InChI=1S/C14H21N3O/c1-10(2)11-5-7-17(9-11)14(18)13-8-12(15-3)4-6-16-13/h4,6,8,10-11H,5,7,9H2,1-3H3,(H,15,16). The normalized spacial score (nSPS) is 19.3. The first-order chi connectivity index (χ1) is 8.61. The first-order valence-electron chi connectivity index (χ1n) is 6.55. The highest BCUT2D eigenvalue weighted by atomic mass is 16.2. The van der Waals surface area contributed by atoms with Gasteiger partial charge >= 0.3 is 0 Å². The highest BCUT2D eigenvalue weighted by Gasteiger charge is 2.29. The molecule has 1 fully saturated rings. The zero-order valence-electron chi connectivity index (χ0n) is 11.3. The molecule has 2 rings (SSSR count). The third-order valence-electron chi connectivity index (χ3n) is 3.72. The van der Waals surface area contributed by atoms with Gasteiger partial charge in [0.15, 0.2) is 0 Å². The number of likely N-dealkylation sites (tertiary alicyclic amines) is 1. The van der Waals surface area contributed by atoms with Gasteiger partial charge in [0.2, 0.25) is 0 Å². The van der Waals surface area contributed by atoms with E-state index in [2.05, 4.69) is 24.1 Å². The van der Waals surface area contributed by atoms with Crippen molar-refractivity contribution < 1.29 is 4.79 Å². The molecule has 18 heavy (non-hydrogen) atoms. The number of carbonyl (C=O) groups is 1. The Hall–Kier alpha value is -1.58. The minimum absolute atomic E-state index is 0.0512. The molecule has 1 saturated heterocycles. The summed E-state index contributed by atoms with van der Waals surface area (Å²) in [6.07, 6.45) is 2.78. The summed E-state index contributed by atoms with van der Waals surface area (Å²) in [6.45, 7) is 6.16. The molecule has 0 spiro atoms. The van der Waals surface area contributed by atoms with Gasteiger partial charge < -0.3 is 10.2 Å². The topological polar surface area (TPSA) is 45.2 Å². The van der Waals surface area contributed by atoms with Crippen molar-refractivity contribution in [2.75, 3.05) is 25.5 Å². The number of nitrogens with zero attached hydrogens (tertiary/aromatic N) is 2. The van der Waals surface area contributed by atoms with Gasteiger partial charge in [-0.05, 0) is 30.4 Å². The van der Waals surface area contributed by atoms with E-state index in [9.17, 15) is 4.79 Å². The summed E-state index contributed by atoms with van der Waals surface area (Å²) in [5, 5.41) is 3.03. The van der Waals surface area contributed by atoms with E-state index >= 15 is 0 Å². The first kappa shape index (κ1) is 12.9. The van der Waals surface area contributed by atoms with Crippen LogP contribution in [0.4, 0.5) is 5.69 Å². The van der Waals surface area contributed by atoms with Gasteiger partial charge in [0.1, 0.15) is 5.69 Å². The smallest absolute Gasteiger partial charge is 0.272 e. The predicted octanol–water partition coefficient (Wildman–Crippen LogP) is 2.24. The van der Waals surface area contributed by atoms with Crippen LogP contribution in [0.3, 0.4) is 0 Å². The van der Waals surface area contributed by atoms with E-state index in [1.807, 2.05) is 24.1 Å². The number of hydrogen-bond donors (Lipinski definition) is 1. The van der Waals surface area contributed by atoms with E-state index < -0.39 is 0 Å². The maximum absolute atomic E-state index is 12.3. The highest BCUT2D eigenvalue weighted by molar-refractivity contribution is 5.93. The second kappa shape index (κ2) is 5.38. The lowest BCUT2D eigenvalue weighted by atomic mass is 9.95. The molecule has 1 aliphatic heterocycles. The zero-order valence-corrected chi connectivity index (χ0v) is 11.3. The molecule has 1 atom stereocenters. The van der Waals surface area contributed by atoms with E-state index in [4.69, 9.17) is 0 Å². The van der Waals surface area contributed by atoms with E-state index in [0.29, 0.717) is 17.5 Å². The number of carbonyl (C=O) groups excluding carboxylic acids is 1. The van der Waals surface area contributed by atoms with Gasteiger partial charge in [-0.1, -0.05) is 13.8 Å². The van der Waals surface area contributed by atoms with Crippen LogP contribution < -0.4 is 5.32 Å². The third kappa shape index (κ3) is 2.63. The molecule has 0 aromatic carbocycles. The zero-order chi connectivity index (χ0) is 13.1. The Bertz CT molecular complexity index is 431. The first-order valence-corrected chi connectivity index (χ1v) is 6.55. The lowest BCUT2D eigenvalue weighted by Crippen LogP contribution is -2.30. The minimum atomic E-state index is 0.0512. The molecular weight excluding hydrogens is 226 g/mol. The average Bonchev–Trinajstić information content (AvgIpc) is 2.87. The average molecular weight is 247 g/mol. The molecule has 98 valence electrons. The van der Waals surface area contributed by atoms with Crippen molar-refractivity contribution >= 4 is 11.6 Å². The van der Waals surface area contributed by atoms with Crippen molar-refractivity contribution in [3.63, 3.8) is 0 Å². The van der Waals surface area contributed by atoms with E-state index in [1.165, 1.54) is 0 Å². The van der Waals surface area contributed by atoms with E-state index in [0.717, 1.165) is 25.2 Å². The van der Waals surface area contributed by atoms with Crippen LogP contribution in [0.15, 0.2) is 18.3 Å². The SMILES string of the molecule is CNc1ccnc(C(=O)N2CCC(C(C)C)C2)c1. The van der Waals surface area contributed by atoms with Crippen LogP contribution in [0.1, 0.15) is 30.8 Å². The predicted molar refractivity (Wildman–Crippen MR) is 72.6 cm³/mol. The molecule has 1 unspecified atom stereocenters. The second-order valence-electron chi connectivity index (χ2n) is 5.22. The lowest BCUT2D eigenvalue weighted by molar-refractivity contribution is 0.0778. The molecule has 1 aromatic rings. The van der Waals surface area contributed by atoms with Crippen molar-refractivity contribution in [1.29, 1.82) is 0 Å². The fraction of sp³-hybridized carbons (Fsp3) is 0.571. The van der Waals surface area contributed by atoms with Gasteiger partial charge in [0, 0.05) is 32.0 Å². The molecule has 0 bridgehead atoms. The Morgan fingerprint density at radius 1 is 1.56 bits per heavy atom. The van der Waals surface area contributed by atoms with Crippen LogP contribution in [0.5, 0.6) is 0 Å². The summed E-state index contributed by atoms with van der Waals surface area (Å²) in [7, 11) is 1.84. The summed E-state index contributed by atoms with van der Waals surface area (Å²) in [5.41, 5.74) is 1.46. The maximum atomic E-state index is 12.3. The maximum Gasteiger partial charge on any atom is 0.272 e. The summed E-state index contributed by atoms with van der Waals surface area (Å²) < 4.78 is 0. The van der Waals surface area contributed by atoms with Crippen molar-refractivity contribution in [2.45, 2.75) is 20.3 Å². The molecule has 2 heterocycles. The summed E-state index contributed by atoms with van der Waals surface area (Å²) in [4.78, 5) is 18.4. The Kier molecular flexibility index (Phi) is 3.84. The molecule has 1 aliphatic rings. The molecule has 4 nitrogen and oxygen atoms in total. The Morgan fingerprint density at radius 2 is 2.33 bits per heavy atom. The van der Waals surface area contributed by atoms with Gasteiger partial charge in [-0.25, -0.2) is 0 Å². The Morgan fingerprint density at radius 3 is 2.94 bits per heavy atom. The van der Waals surface area contributed by atoms with Crippen molar-refractivity contribution in [1.82, 2.24) is 9.88 Å². The van der Waals surface area contributed by atoms with Crippen LogP contribution in [-0.2, 0) is 0 Å². The summed E-state index contributed by atoms with van der Waals surface area (Å²) >= 11 is 0. The fourth-order valence-corrected chi connectivity index (χ4v) is 2.38. The lowest BCUT2D eigenvalue weighted by Gasteiger charge is -2.18. The molecule has 0 radical (unpaired) electrons. The van der Waals surface area contributed by atoms with Crippen LogP contribution in [0, 0.1) is 11.8 Å². The summed E-state index contributed by atoms with van der Waals surface area (Å²) in [6, 6.07) is 3.67. The van der Waals surface area contributed by atoms with Gasteiger partial charge in [-0.3, -0.25) is 9.78 Å². The quantitative estimate of drug-likeness (QED) is 0.891. The van der Waals surface area contributed by atoms with Gasteiger partial charge in [-0.2, -0.15) is 0 Å². The van der Waals surface area contributed by atoms with E-state index in [1.54, 1.807) is 6.20 Å². The monoisotopic (exact) mass is 247 g/mol. The number of anilines is 1. The van der Waals surface area contributed by atoms with Crippen molar-refractivity contribution in [2.24, 2.45) is 11.8 Å².